The van der Waals surface area contributed by atoms with E-state index in [-0.39, 0.29) is 5.91 Å². The van der Waals surface area contributed by atoms with Crippen molar-refractivity contribution in [3.8, 4) is 5.75 Å². The summed E-state index contributed by atoms with van der Waals surface area (Å²) in [6.45, 7) is 5.55. The van der Waals surface area contributed by atoms with Gasteiger partial charge < -0.3 is 9.64 Å². The molecule has 0 N–H and O–H groups in total. The number of hydrogen-bond acceptors (Lipinski definition) is 5. The molecule has 2 aliphatic rings. The third kappa shape index (κ3) is 4.54. The van der Waals surface area contributed by atoms with E-state index in [2.05, 4.69) is 20.9 Å². The van der Waals surface area contributed by atoms with Crippen LogP contribution in [0.25, 0.3) is 5.57 Å². The average Bonchev–Trinajstić information content (AvgIpc) is 2.89. The summed E-state index contributed by atoms with van der Waals surface area (Å²) in [5, 5.41) is 0. The smallest absolute Gasteiger partial charge is 0.261 e. The molecule has 6 heteroatoms. The summed E-state index contributed by atoms with van der Waals surface area (Å²) >= 11 is 0. The van der Waals surface area contributed by atoms with Gasteiger partial charge in [0.2, 0.25) is 0 Å². The molecule has 1 amide bonds. The highest BCUT2D eigenvalue weighted by molar-refractivity contribution is 5.98. The van der Waals surface area contributed by atoms with Gasteiger partial charge in [0.1, 0.15) is 12.0 Å². The third-order valence-corrected chi connectivity index (χ3v) is 5.33. The molecule has 0 atom stereocenters. The summed E-state index contributed by atoms with van der Waals surface area (Å²) < 4.78 is 5.67. The largest absolute Gasteiger partial charge is 0.462 e. The van der Waals surface area contributed by atoms with Gasteiger partial charge in [-0.1, -0.05) is 18.2 Å². The van der Waals surface area contributed by atoms with Crippen LogP contribution in [0.5, 0.6) is 5.75 Å². The highest BCUT2D eigenvalue weighted by Crippen LogP contribution is 2.26. The molecule has 0 unspecified atom stereocenters. The molecule has 0 fully saturated rings. The van der Waals surface area contributed by atoms with Gasteiger partial charge in [0.05, 0.1) is 11.3 Å². The monoisotopic (exact) mass is 390 g/mol. The standard InChI is InChI=1S/C23H26N4O2/c1-18-17-29-21-10-3-2-9-20(21)23(28)27(18)15-5-4-13-26-14-6-8-19(16-26)22-24-11-7-12-25-22/h2-3,7-12,17H,4-6,13-16H2,1H3. The van der Waals surface area contributed by atoms with Gasteiger partial charge in [-0.25, -0.2) is 9.97 Å². The molecule has 3 heterocycles. The SMILES string of the molecule is CC1=COc2ccccc2C(=O)N1CCCCN1CCC=C(c2ncccn2)C1. The highest BCUT2D eigenvalue weighted by Gasteiger charge is 2.23. The van der Waals surface area contributed by atoms with Gasteiger partial charge in [0.25, 0.3) is 5.91 Å². The fourth-order valence-corrected chi connectivity index (χ4v) is 3.77. The number of carbonyl (C=O) groups excluding carboxylic acids is 1. The van der Waals surface area contributed by atoms with Crippen molar-refractivity contribution in [2.45, 2.75) is 26.2 Å². The maximum absolute atomic E-state index is 12.9. The Labute approximate surface area is 171 Å². The van der Waals surface area contributed by atoms with Gasteiger partial charge in [-0.3, -0.25) is 9.69 Å². The van der Waals surface area contributed by atoms with E-state index in [1.54, 1.807) is 18.7 Å². The van der Waals surface area contributed by atoms with Crippen molar-refractivity contribution >= 4 is 11.5 Å². The van der Waals surface area contributed by atoms with Crippen LogP contribution in [0.3, 0.4) is 0 Å². The lowest BCUT2D eigenvalue weighted by atomic mass is 10.1. The van der Waals surface area contributed by atoms with E-state index < -0.39 is 0 Å². The van der Waals surface area contributed by atoms with Crippen molar-refractivity contribution in [3.05, 3.63) is 72.1 Å². The van der Waals surface area contributed by atoms with E-state index in [1.165, 1.54) is 5.57 Å². The zero-order valence-electron chi connectivity index (χ0n) is 16.8. The summed E-state index contributed by atoms with van der Waals surface area (Å²) in [7, 11) is 0. The molecule has 0 aliphatic carbocycles. The van der Waals surface area contributed by atoms with Crippen LogP contribution in [-0.2, 0) is 0 Å². The first kappa shape index (κ1) is 19.3. The Kier molecular flexibility index (Phi) is 6.00. The number of para-hydroxylation sites is 1. The van der Waals surface area contributed by atoms with Gasteiger partial charge in [0, 0.05) is 37.6 Å². The molecule has 29 heavy (non-hydrogen) atoms. The predicted octanol–water partition coefficient (Wildman–Crippen LogP) is 3.74. The Morgan fingerprint density at radius 1 is 1.07 bits per heavy atom. The summed E-state index contributed by atoms with van der Waals surface area (Å²) in [5.74, 6) is 1.46. The fraction of sp³-hybridized carbons (Fsp3) is 0.348. The molecule has 150 valence electrons. The van der Waals surface area contributed by atoms with Crippen LogP contribution in [0.2, 0.25) is 0 Å². The molecule has 0 saturated heterocycles. The number of rotatable bonds is 6. The molecule has 2 aliphatic heterocycles. The van der Waals surface area contributed by atoms with E-state index in [0.717, 1.165) is 50.4 Å². The minimum Gasteiger partial charge on any atom is -0.462 e. The molecule has 0 spiro atoms. The molecule has 0 saturated carbocycles. The number of fused-ring (bicyclic) bond motifs is 1. The van der Waals surface area contributed by atoms with Crippen LogP contribution in [0.1, 0.15) is 42.4 Å². The number of amides is 1. The zero-order chi connectivity index (χ0) is 20.1. The van der Waals surface area contributed by atoms with Crippen LogP contribution in [0.4, 0.5) is 0 Å². The minimum absolute atomic E-state index is 0.0104. The third-order valence-electron chi connectivity index (χ3n) is 5.33. The maximum Gasteiger partial charge on any atom is 0.261 e. The van der Waals surface area contributed by atoms with Crippen molar-refractivity contribution in [3.63, 3.8) is 0 Å². The Bertz CT molecular complexity index is 923. The normalized spacial score (nSPS) is 17.1. The summed E-state index contributed by atoms with van der Waals surface area (Å²) in [6, 6.07) is 9.25. The fourth-order valence-electron chi connectivity index (χ4n) is 3.77. The Morgan fingerprint density at radius 2 is 1.86 bits per heavy atom. The van der Waals surface area contributed by atoms with E-state index in [9.17, 15) is 4.79 Å². The first-order valence-corrected chi connectivity index (χ1v) is 10.2. The zero-order valence-corrected chi connectivity index (χ0v) is 16.8. The predicted molar refractivity (Wildman–Crippen MR) is 112 cm³/mol. The van der Waals surface area contributed by atoms with Gasteiger partial charge in [0.15, 0.2) is 5.82 Å². The Balaban J connectivity index is 1.29. The molecule has 4 rings (SSSR count). The molecule has 2 aromatic rings. The van der Waals surface area contributed by atoms with Crippen molar-refractivity contribution in [2.75, 3.05) is 26.2 Å². The molecule has 0 bridgehead atoms. The molecular weight excluding hydrogens is 364 g/mol. The number of carbonyl (C=O) groups is 1. The first-order chi connectivity index (χ1) is 14.2. The average molecular weight is 390 g/mol. The number of ether oxygens (including phenoxy) is 1. The number of hydrogen-bond donors (Lipinski definition) is 0. The molecule has 1 aromatic carbocycles. The van der Waals surface area contributed by atoms with Gasteiger partial charge in [-0.2, -0.15) is 0 Å². The summed E-state index contributed by atoms with van der Waals surface area (Å²) in [4.78, 5) is 25.9. The molecular formula is C23H26N4O2. The Hall–Kier alpha value is -2.99. The molecule has 1 aromatic heterocycles. The number of aromatic nitrogens is 2. The van der Waals surface area contributed by atoms with E-state index in [0.29, 0.717) is 17.9 Å². The maximum atomic E-state index is 12.9. The van der Waals surface area contributed by atoms with Gasteiger partial charge >= 0.3 is 0 Å². The lowest BCUT2D eigenvalue weighted by Gasteiger charge is -2.27. The quantitative estimate of drug-likeness (QED) is 0.703. The van der Waals surface area contributed by atoms with Crippen LogP contribution in [-0.4, -0.2) is 51.9 Å². The van der Waals surface area contributed by atoms with Crippen LogP contribution < -0.4 is 4.74 Å². The minimum atomic E-state index is 0.0104. The number of nitrogens with zero attached hydrogens (tertiary/aromatic N) is 4. The number of allylic oxidation sites excluding steroid dienone is 1. The second-order valence-corrected chi connectivity index (χ2v) is 7.40. The lowest BCUT2D eigenvalue weighted by molar-refractivity contribution is 0.0804. The van der Waals surface area contributed by atoms with Crippen molar-refractivity contribution in [2.24, 2.45) is 0 Å². The molecule has 6 nitrogen and oxygen atoms in total. The second kappa shape index (κ2) is 9.01. The summed E-state index contributed by atoms with van der Waals surface area (Å²) in [6.07, 6.45) is 10.5. The first-order valence-electron chi connectivity index (χ1n) is 10.2. The van der Waals surface area contributed by atoms with Crippen molar-refractivity contribution < 1.29 is 9.53 Å². The second-order valence-electron chi connectivity index (χ2n) is 7.40. The molecule has 0 radical (unpaired) electrons. The van der Waals surface area contributed by atoms with Crippen LogP contribution in [0.15, 0.2) is 60.8 Å². The summed E-state index contributed by atoms with van der Waals surface area (Å²) in [5.41, 5.74) is 2.66. The lowest BCUT2D eigenvalue weighted by Crippen LogP contribution is -2.32. The number of benzene rings is 1. The highest BCUT2D eigenvalue weighted by atomic mass is 16.5. The van der Waals surface area contributed by atoms with Crippen molar-refractivity contribution in [1.29, 1.82) is 0 Å². The van der Waals surface area contributed by atoms with Gasteiger partial charge in [-0.15, -0.1) is 0 Å². The van der Waals surface area contributed by atoms with E-state index in [4.69, 9.17) is 4.74 Å². The van der Waals surface area contributed by atoms with Crippen molar-refractivity contribution in [1.82, 2.24) is 19.8 Å². The van der Waals surface area contributed by atoms with Crippen LogP contribution in [0, 0.1) is 0 Å². The van der Waals surface area contributed by atoms with Crippen LogP contribution >= 0.6 is 0 Å². The number of unbranched alkanes of at least 4 members (excludes halogenated alkanes) is 1. The van der Waals surface area contributed by atoms with Gasteiger partial charge in [-0.05, 0) is 50.9 Å². The Morgan fingerprint density at radius 3 is 2.72 bits per heavy atom. The van der Waals surface area contributed by atoms with E-state index >= 15 is 0 Å². The van der Waals surface area contributed by atoms with E-state index in [1.807, 2.05) is 42.2 Å². The topological polar surface area (TPSA) is 58.6 Å².